The fourth-order valence-electron chi connectivity index (χ4n) is 2.55. The largest absolute Gasteiger partial charge is 0.457 e. The molecule has 0 spiro atoms. The molecule has 0 atom stereocenters. The highest BCUT2D eigenvalue weighted by atomic mass is 16.5. The highest BCUT2D eigenvalue weighted by Crippen LogP contribution is 2.22. The van der Waals surface area contributed by atoms with Gasteiger partial charge >= 0.3 is 0 Å². The zero-order valence-electron chi connectivity index (χ0n) is 15.6. The molecule has 28 heavy (non-hydrogen) atoms. The second-order valence-corrected chi connectivity index (χ2v) is 6.23. The van der Waals surface area contributed by atoms with E-state index in [0.717, 1.165) is 12.2 Å². The summed E-state index contributed by atoms with van der Waals surface area (Å²) in [5.74, 6) is 1.06. The molecule has 5 nitrogen and oxygen atoms in total. The number of carbonyl (C=O) groups excluding carboxylic acids is 2. The Labute approximate surface area is 164 Å². The quantitative estimate of drug-likeness (QED) is 0.620. The van der Waals surface area contributed by atoms with Crippen LogP contribution in [0.3, 0.4) is 0 Å². The Morgan fingerprint density at radius 1 is 0.750 bits per heavy atom. The average Bonchev–Trinajstić information content (AvgIpc) is 2.74. The summed E-state index contributed by atoms with van der Waals surface area (Å²) < 4.78 is 5.74. The van der Waals surface area contributed by atoms with Crippen LogP contribution >= 0.6 is 0 Å². The third-order valence-electron chi connectivity index (χ3n) is 4.04. The zero-order valence-corrected chi connectivity index (χ0v) is 15.6. The maximum Gasteiger partial charge on any atom is 0.255 e. The lowest BCUT2D eigenvalue weighted by Crippen LogP contribution is -2.24. The van der Waals surface area contributed by atoms with E-state index in [0.29, 0.717) is 29.1 Å². The minimum absolute atomic E-state index is 0.136. The van der Waals surface area contributed by atoms with Crippen LogP contribution in [-0.4, -0.2) is 18.4 Å². The molecule has 0 fully saturated rings. The molecule has 2 amide bonds. The number of nitrogens with one attached hydrogen (secondary N) is 2. The predicted molar refractivity (Wildman–Crippen MR) is 110 cm³/mol. The molecule has 0 aliphatic heterocycles. The number of hydrogen-bond donors (Lipinski definition) is 2. The van der Waals surface area contributed by atoms with Crippen molar-refractivity contribution in [1.82, 2.24) is 5.32 Å². The molecule has 3 rings (SSSR count). The number of rotatable bonds is 7. The second-order valence-electron chi connectivity index (χ2n) is 6.23. The molecule has 0 unspecified atom stereocenters. The van der Waals surface area contributed by atoms with Crippen molar-refractivity contribution in [2.24, 2.45) is 0 Å². The normalized spacial score (nSPS) is 10.2. The van der Waals surface area contributed by atoms with Crippen LogP contribution in [0, 0.1) is 0 Å². The monoisotopic (exact) mass is 374 g/mol. The number of carbonyl (C=O) groups is 2. The summed E-state index contributed by atoms with van der Waals surface area (Å²) in [7, 11) is 0. The fourth-order valence-corrected chi connectivity index (χ4v) is 2.55. The standard InChI is InChI=1S/C23H22N2O3/c1-2-16-24-22(26)17-8-10-18(11-9-17)23(27)25-19-12-14-21(15-13-19)28-20-6-4-3-5-7-20/h3-15H,2,16H2,1H3,(H,24,26)(H,25,27). The lowest BCUT2D eigenvalue weighted by atomic mass is 10.1. The molecule has 0 radical (unpaired) electrons. The zero-order chi connectivity index (χ0) is 19.8. The average molecular weight is 374 g/mol. The molecule has 5 heteroatoms. The third-order valence-corrected chi connectivity index (χ3v) is 4.04. The first kappa shape index (κ1) is 19.2. The molecule has 0 saturated heterocycles. The van der Waals surface area contributed by atoms with E-state index in [9.17, 15) is 9.59 Å². The number of hydrogen-bond acceptors (Lipinski definition) is 3. The van der Waals surface area contributed by atoms with Gasteiger partial charge < -0.3 is 15.4 Å². The highest BCUT2D eigenvalue weighted by molar-refractivity contribution is 6.05. The van der Waals surface area contributed by atoms with Crippen molar-refractivity contribution >= 4 is 17.5 Å². The van der Waals surface area contributed by atoms with Crippen molar-refractivity contribution < 1.29 is 14.3 Å². The smallest absolute Gasteiger partial charge is 0.255 e. The summed E-state index contributed by atoms with van der Waals surface area (Å²) in [5, 5.41) is 5.65. The summed E-state index contributed by atoms with van der Waals surface area (Å²) >= 11 is 0. The molecule has 2 N–H and O–H groups in total. The first-order valence-corrected chi connectivity index (χ1v) is 9.18. The van der Waals surface area contributed by atoms with E-state index >= 15 is 0 Å². The van der Waals surface area contributed by atoms with E-state index in [1.807, 2.05) is 37.3 Å². The number of ether oxygens (including phenoxy) is 1. The Kier molecular flexibility index (Phi) is 6.41. The van der Waals surface area contributed by atoms with Gasteiger partial charge in [0.25, 0.3) is 11.8 Å². The van der Waals surface area contributed by atoms with Crippen molar-refractivity contribution in [3.05, 3.63) is 90.0 Å². The summed E-state index contributed by atoms with van der Waals surface area (Å²) in [4.78, 5) is 24.3. The molecule has 0 heterocycles. The van der Waals surface area contributed by atoms with E-state index in [2.05, 4.69) is 10.6 Å². The van der Waals surface area contributed by atoms with Gasteiger partial charge in [-0.2, -0.15) is 0 Å². The van der Waals surface area contributed by atoms with Crippen molar-refractivity contribution in [3.63, 3.8) is 0 Å². The highest BCUT2D eigenvalue weighted by Gasteiger charge is 2.09. The summed E-state index contributed by atoms with van der Waals surface area (Å²) in [6.07, 6.45) is 0.876. The van der Waals surface area contributed by atoms with E-state index < -0.39 is 0 Å². The van der Waals surface area contributed by atoms with Gasteiger partial charge in [0, 0.05) is 23.4 Å². The van der Waals surface area contributed by atoms with Gasteiger partial charge in [0.15, 0.2) is 0 Å². The van der Waals surface area contributed by atoms with Crippen molar-refractivity contribution in [2.45, 2.75) is 13.3 Å². The molecule has 3 aromatic carbocycles. The maximum absolute atomic E-state index is 12.4. The van der Waals surface area contributed by atoms with Crippen LogP contribution < -0.4 is 15.4 Å². The molecule has 0 saturated carbocycles. The molecule has 0 aliphatic rings. The molecule has 0 aliphatic carbocycles. The van der Waals surface area contributed by atoms with Gasteiger partial charge in [-0.05, 0) is 67.1 Å². The van der Waals surface area contributed by atoms with Gasteiger partial charge in [-0.25, -0.2) is 0 Å². The summed E-state index contributed by atoms with van der Waals surface area (Å²) in [6, 6.07) is 23.2. The van der Waals surface area contributed by atoms with Crippen LogP contribution in [0.1, 0.15) is 34.1 Å². The van der Waals surface area contributed by atoms with Gasteiger partial charge in [-0.3, -0.25) is 9.59 Å². The summed E-state index contributed by atoms with van der Waals surface area (Å²) in [6.45, 7) is 2.62. The van der Waals surface area contributed by atoms with Crippen LogP contribution in [-0.2, 0) is 0 Å². The number of anilines is 1. The Balaban J connectivity index is 1.59. The van der Waals surface area contributed by atoms with E-state index in [-0.39, 0.29) is 11.8 Å². The Morgan fingerprint density at radius 3 is 1.93 bits per heavy atom. The van der Waals surface area contributed by atoms with Gasteiger partial charge in [-0.1, -0.05) is 25.1 Å². The van der Waals surface area contributed by atoms with Gasteiger partial charge in [0.05, 0.1) is 0 Å². The third kappa shape index (κ3) is 5.20. The van der Waals surface area contributed by atoms with Gasteiger partial charge in [0.2, 0.25) is 0 Å². The fraction of sp³-hybridized carbons (Fsp3) is 0.130. The van der Waals surface area contributed by atoms with E-state index in [1.54, 1.807) is 48.5 Å². The first-order valence-electron chi connectivity index (χ1n) is 9.18. The topological polar surface area (TPSA) is 67.4 Å². The lowest BCUT2D eigenvalue weighted by Gasteiger charge is -2.09. The van der Waals surface area contributed by atoms with Gasteiger partial charge in [-0.15, -0.1) is 0 Å². The van der Waals surface area contributed by atoms with Crippen molar-refractivity contribution in [2.75, 3.05) is 11.9 Å². The minimum Gasteiger partial charge on any atom is -0.457 e. The summed E-state index contributed by atoms with van der Waals surface area (Å²) in [5.41, 5.74) is 1.68. The van der Waals surface area contributed by atoms with Gasteiger partial charge in [0.1, 0.15) is 11.5 Å². The number of amides is 2. The molecular formula is C23H22N2O3. The number of para-hydroxylation sites is 1. The van der Waals surface area contributed by atoms with Crippen LogP contribution in [0.25, 0.3) is 0 Å². The Morgan fingerprint density at radius 2 is 1.32 bits per heavy atom. The maximum atomic E-state index is 12.4. The first-order chi connectivity index (χ1) is 13.7. The molecular weight excluding hydrogens is 352 g/mol. The van der Waals surface area contributed by atoms with Crippen molar-refractivity contribution in [1.29, 1.82) is 0 Å². The van der Waals surface area contributed by atoms with Crippen LogP contribution in [0.15, 0.2) is 78.9 Å². The Bertz CT molecular complexity index is 920. The minimum atomic E-state index is -0.239. The van der Waals surface area contributed by atoms with Crippen LogP contribution in [0.2, 0.25) is 0 Å². The molecule has 142 valence electrons. The number of benzene rings is 3. The van der Waals surface area contributed by atoms with E-state index in [4.69, 9.17) is 4.74 Å². The van der Waals surface area contributed by atoms with Crippen LogP contribution in [0.5, 0.6) is 11.5 Å². The lowest BCUT2D eigenvalue weighted by molar-refractivity contribution is 0.0951. The SMILES string of the molecule is CCCNC(=O)c1ccc(C(=O)Nc2ccc(Oc3ccccc3)cc2)cc1. The second kappa shape index (κ2) is 9.37. The molecule has 0 aromatic heterocycles. The predicted octanol–water partition coefficient (Wildman–Crippen LogP) is 4.87. The van der Waals surface area contributed by atoms with E-state index in [1.165, 1.54) is 0 Å². The van der Waals surface area contributed by atoms with Crippen LogP contribution in [0.4, 0.5) is 5.69 Å². The molecule has 0 bridgehead atoms. The Hall–Kier alpha value is -3.60. The molecule has 3 aromatic rings. The van der Waals surface area contributed by atoms with Crippen molar-refractivity contribution in [3.8, 4) is 11.5 Å².